The maximum Gasteiger partial charge on any atom is 0.345 e. The molecule has 6 heteroatoms. The van der Waals surface area contributed by atoms with Crippen molar-refractivity contribution in [1.29, 1.82) is 0 Å². The number of nitrogens with one attached hydrogen (secondary N) is 1. The molecule has 1 amide bonds. The molecule has 0 rings (SSSR count). The van der Waals surface area contributed by atoms with E-state index >= 15 is 0 Å². The molecule has 0 radical (unpaired) electrons. The molecule has 0 aromatic rings. The Kier molecular flexibility index (Phi) is 6.45. The van der Waals surface area contributed by atoms with E-state index in [0.29, 0.717) is 12.8 Å². The molecule has 0 fully saturated rings. The quantitative estimate of drug-likeness (QED) is 0.507. The topological polar surface area (TPSA) is 107 Å². The fourth-order valence-corrected chi connectivity index (χ4v) is 1.56. The summed E-state index contributed by atoms with van der Waals surface area (Å²) in [6.45, 7) is 6.94. The smallest absolute Gasteiger partial charge is 0.345 e. The Morgan fingerprint density at radius 2 is 1.79 bits per heavy atom. The molecule has 112 valence electrons. The highest BCUT2D eigenvalue weighted by atomic mass is 16.4. The van der Waals surface area contributed by atoms with Crippen molar-refractivity contribution in [3.8, 4) is 0 Å². The highest BCUT2D eigenvalue weighted by Crippen LogP contribution is 2.21. The molecule has 0 aliphatic heterocycles. The predicted molar refractivity (Wildman–Crippen MR) is 70.6 cm³/mol. The summed E-state index contributed by atoms with van der Waals surface area (Å²) in [4.78, 5) is 23.1. The summed E-state index contributed by atoms with van der Waals surface area (Å²) in [5, 5.41) is 30.7. The molecule has 0 aliphatic rings. The van der Waals surface area contributed by atoms with Crippen molar-refractivity contribution in [2.75, 3.05) is 6.61 Å². The second-order valence-corrected chi connectivity index (χ2v) is 5.84. The minimum absolute atomic E-state index is 0.146. The van der Waals surface area contributed by atoms with E-state index in [0.717, 1.165) is 0 Å². The van der Waals surface area contributed by atoms with Crippen molar-refractivity contribution in [1.82, 2.24) is 5.32 Å². The standard InChI is InChI=1S/C13H25NO5/c1-5-6-7-13(19,11(17)18)10(16)14-9(8-15)12(2,3)4/h9,15,19H,5-8H2,1-4H3,(H,14,16)(H,17,18)/t9-,13+/m1/s1. The van der Waals surface area contributed by atoms with Gasteiger partial charge in [-0.3, -0.25) is 4.79 Å². The first-order valence-corrected chi connectivity index (χ1v) is 6.47. The third-order valence-corrected chi connectivity index (χ3v) is 3.15. The lowest BCUT2D eigenvalue weighted by molar-refractivity contribution is -0.168. The van der Waals surface area contributed by atoms with Gasteiger partial charge in [0.15, 0.2) is 0 Å². The molecule has 6 nitrogen and oxygen atoms in total. The third kappa shape index (κ3) is 4.80. The van der Waals surface area contributed by atoms with E-state index in [1.807, 2.05) is 6.92 Å². The molecule has 0 spiro atoms. The fourth-order valence-electron chi connectivity index (χ4n) is 1.56. The number of carbonyl (C=O) groups is 2. The Hall–Kier alpha value is -1.14. The van der Waals surface area contributed by atoms with Crippen LogP contribution in [-0.2, 0) is 9.59 Å². The summed E-state index contributed by atoms with van der Waals surface area (Å²) in [6.07, 6.45) is 0.952. The van der Waals surface area contributed by atoms with Crippen LogP contribution < -0.4 is 5.32 Å². The van der Waals surface area contributed by atoms with Gasteiger partial charge in [-0.15, -0.1) is 0 Å². The lowest BCUT2D eigenvalue weighted by atomic mass is 9.86. The molecule has 0 aliphatic carbocycles. The summed E-state index contributed by atoms with van der Waals surface area (Å²) < 4.78 is 0. The second-order valence-electron chi connectivity index (χ2n) is 5.84. The Bertz CT molecular complexity index is 323. The van der Waals surface area contributed by atoms with Crippen molar-refractivity contribution in [3.63, 3.8) is 0 Å². The molecule has 4 N–H and O–H groups in total. The monoisotopic (exact) mass is 275 g/mol. The van der Waals surface area contributed by atoms with E-state index in [1.54, 1.807) is 20.8 Å². The van der Waals surface area contributed by atoms with Crippen LogP contribution in [0.4, 0.5) is 0 Å². The average Bonchev–Trinajstić information content (AvgIpc) is 2.30. The molecule has 0 saturated heterocycles. The number of hydrogen-bond donors (Lipinski definition) is 4. The van der Waals surface area contributed by atoms with Crippen LogP contribution in [0.1, 0.15) is 47.0 Å². The van der Waals surface area contributed by atoms with Crippen LogP contribution in [0.2, 0.25) is 0 Å². The molecule has 19 heavy (non-hydrogen) atoms. The predicted octanol–water partition coefficient (Wildman–Crippen LogP) is 0.515. The van der Waals surface area contributed by atoms with Gasteiger partial charge < -0.3 is 20.6 Å². The molecule has 0 saturated carbocycles. The van der Waals surface area contributed by atoms with Crippen LogP contribution in [0.15, 0.2) is 0 Å². The summed E-state index contributed by atoms with van der Waals surface area (Å²) in [6, 6.07) is -0.618. The van der Waals surface area contributed by atoms with Crippen LogP contribution in [0.25, 0.3) is 0 Å². The van der Waals surface area contributed by atoms with Crippen LogP contribution in [-0.4, -0.2) is 45.4 Å². The zero-order valence-electron chi connectivity index (χ0n) is 12.1. The van der Waals surface area contributed by atoms with E-state index in [2.05, 4.69) is 5.32 Å². The first-order valence-electron chi connectivity index (χ1n) is 6.47. The number of amides is 1. The number of aliphatic hydroxyl groups excluding tert-OH is 1. The zero-order valence-corrected chi connectivity index (χ0v) is 12.1. The molecular weight excluding hydrogens is 250 g/mol. The molecule has 0 aromatic heterocycles. The fraction of sp³-hybridized carbons (Fsp3) is 0.846. The van der Waals surface area contributed by atoms with Gasteiger partial charge in [0.1, 0.15) is 0 Å². The molecule has 0 heterocycles. The first-order chi connectivity index (χ1) is 8.59. The van der Waals surface area contributed by atoms with Gasteiger partial charge in [-0.1, -0.05) is 34.1 Å². The van der Waals surface area contributed by atoms with Crippen LogP contribution in [0, 0.1) is 5.41 Å². The summed E-state index contributed by atoms with van der Waals surface area (Å²) in [7, 11) is 0. The van der Waals surface area contributed by atoms with Crippen LogP contribution >= 0.6 is 0 Å². The molecular formula is C13H25NO5. The van der Waals surface area contributed by atoms with Gasteiger partial charge in [-0.05, 0) is 18.3 Å². The van der Waals surface area contributed by atoms with E-state index in [4.69, 9.17) is 5.11 Å². The lowest BCUT2D eigenvalue weighted by Gasteiger charge is -2.32. The Morgan fingerprint density at radius 1 is 1.26 bits per heavy atom. The van der Waals surface area contributed by atoms with Crippen molar-refractivity contribution in [3.05, 3.63) is 0 Å². The maximum absolute atomic E-state index is 12.0. The van der Waals surface area contributed by atoms with Crippen LogP contribution in [0.5, 0.6) is 0 Å². The summed E-state index contributed by atoms with van der Waals surface area (Å²) >= 11 is 0. The van der Waals surface area contributed by atoms with Gasteiger partial charge in [0.2, 0.25) is 5.60 Å². The minimum Gasteiger partial charge on any atom is -0.479 e. The molecule has 0 unspecified atom stereocenters. The number of hydrogen-bond acceptors (Lipinski definition) is 4. The number of carboxylic acids is 1. The number of carboxylic acid groups (broad SMARTS) is 1. The van der Waals surface area contributed by atoms with Gasteiger partial charge >= 0.3 is 5.97 Å². The number of rotatable bonds is 7. The Labute approximate surface area is 113 Å². The normalized spacial score (nSPS) is 16.5. The Morgan fingerprint density at radius 3 is 2.11 bits per heavy atom. The molecule has 2 atom stereocenters. The van der Waals surface area contributed by atoms with Crippen molar-refractivity contribution >= 4 is 11.9 Å². The van der Waals surface area contributed by atoms with Gasteiger partial charge in [0, 0.05) is 0 Å². The van der Waals surface area contributed by atoms with Gasteiger partial charge in [0.05, 0.1) is 12.6 Å². The SMILES string of the molecule is CCCC[C@@](O)(C(=O)O)C(=O)N[C@H](CO)C(C)(C)C. The maximum atomic E-state index is 12.0. The van der Waals surface area contributed by atoms with Crippen molar-refractivity contribution < 1.29 is 24.9 Å². The second kappa shape index (κ2) is 6.86. The number of carbonyl (C=O) groups excluding carboxylic acids is 1. The van der Waals surface area contributed by atoms with Gasteiger partial charge in [0.25, 0.3) is 5.91 Å². The molecule has 0 bridgehead atoms. The van der Waals surface area contributed by atoms with E-state index in [1.165, 1.54) is 0 Å². The largest absolute Gasteiger partial charge is 0.479 e. The van der Waals surface area contributed by atoms with Gasteiger partial charge in [-0.2, -0.15) is 0 Å². The highest BCUT2D eigenvalue weighted by Gasteiger charge is 2.45. The van der Waals surface area contributed by atoms with Crippen LogP contribution in [0.3, 0.4) is 0 Å². The first kappa shape index (κ1) is 17.9. The molecule has 0 aromatic carbocycles. The van der Waals surface area contributed by atoms with E-state index in [9.17, 15) is 19.8 Å². The van der Waals surface area contributed by atoms with E-state index in [-0.39, 0.29) is 13.0 Å². The summed E-state index contributed by atoms with van der Waals surface area (Å²) in [5.41, 5.74) is -2.87. The van der Waals surface area contributed by atoms with Crippen molar-refractivity contribution in [2.45, 2.75) is 58.6 Å². The lowest BCUT2D eigenvalue weighted by Crippen LogP contribution is -2.58. The Balaban J connectivity index is 4.97. The zero-order chi connectivity index (χ0) is 15.3. The van der Waals surface area contributed by atoms with Gasteiger partial charge in [-0.25, -0.2) is 4.79 Å². The highest BCUT2D eigenvalue weighted by molar-refractivity contribution is 6.05. The number of unbranched alkanes of at least 4 members (excludes halogenated alkanes) is 1. The average molecular weight is 275 g/mol. The minimum atomic E-state index is -2.44. The third-order valence-electron chi connectivity index (χ3n) is 3.15. The van der Waals surface area contributed by atoms with Crippen molar-refractivity contribution in [2.24, 2.45) is 5.41 Å². The number of aliphatic hydroxyl groups is 2. The summed E-state index contributed by atoms with van der Waals surface area (Å²) in [5.74, 6) is -2.54. The van der Waals surface area contributed by atoms with E-state index < -0.39 is 28.9 Å². The number of aliphatic carboxylic acids is 1.